The first-order chi connectivity index (χ1) is 17.3. The highest BCUT2D eigenvalue weighted by Crippen LogP contribution is 2.32. The van der Waals surface area contributed by atoms with Crippen LogP contribution in [0.4, 0.5) is 0 Å². The second kappa shape index (κ2) is 12.1. The summed E-state index contributed by atoms with van der Waals surface area (Å²) in [4.78, 5) is 36.4. The molecule has 3 aromatic rings. The Kier molecular flexibility index (Phi) is 8.96. The Bertz CT molecular complexity index is 1300. The van der Waals surface area contributed by atoms with Crippen molar-refractivity contribution in [1.29, 1.82) is 0 Å². The van der Waals surface area contributed by atoms with Crippen LogP contribution in [0.5, 0.6) is 0 Å². The van der Waals surface area contributed by atoms with Crippen LogP contribution < -0.4 is 0 Å². The van der Waals surface area contributed by atoms with E-state index in [9.17, 15) is 14.4 Å². The highest BCUT2D eigenvalue weighted by Gasteiger charge is 2.18. The predicted octanol–water partition coefficient (Wildman–Crippen LogP) is 6.95. The zero-order valence-electron chi connectivity index (χ0n) is 21.5. The zero-order chi connectivity index (χ0) is 26.2. The number of ether oxygens (including phenoxy) is 2. The molecule has 186 valence electrons. The Balaban J connectivity index is 2.05. The van der Waals surface area contributed by atoms with Gasteiger partial charge < -0.3 is 9.47 Å². The van der Waals surface area contributed by atoms with Crippen LogP contribution in [-0.4, -0.2) is 31.9 Å². The van der Waals surface area contributed by atoms with Gasteiger partial charge in [0.1, 0.15) is 0 Å². The second-order valence-corrected chi connectivity index (χ2v) is 8.55. The molecular formula is C31H32O5. The van der Waals surface area contributed by atoms with E-state index in [1.54, 1.807) is 18.2 Å². The molecule has 0 unspecified atom stereocenters. The Morgan fingerprint density at radius 2 is 1.47 bits per heavy atom. The van der Waals surface area contributed by atoms with Gasteiger partial charge in [-0.05, 0) is 58.9 Å². The van der Waals surface area contributed by atoms with Gasteiger partial charge in [0.05, 0.1) is 25.3 Å². The minimum atomic E-state index is -0.597. The molecule has 0 saturated carbocycles. The number of aryl methyl sites for hydroxylation is 1. The first kappa shape index (κ1) is 26.6. The van der Waals surface area contributed by atoms with Crippen molar-refractivity contribution in [3.05, 3.63) is 93.5 Å². The largest absolute Gasteiger partial charge is 0.465 e. The zero-order valence-corrected chi connectivity index (χ0v) is 21.5. The molecule has 0 fully saturated rings. The molecule has 5 heteroatoms. The number of carbonyl (C=O) groups excluding carboxylic acids is 3. The van der Waals surface area contributed by atoms with Gasteiger partial charge in [0.15, 0.2) is 5.78 Å². The molecule has 0 aliphatic carbocycles. The smallest absolute Gasteiger partial charge is 0.338 e. The van der Waals surface area contributed by atoms with Gasteiger partial charge in [-0.1, -0.05) is 74.9 Å². The molecule has 5 nitrogen and oxygen atoms in total. The third-order valence-electron chi connectivity index (χ3n) is 6.18. The fourth-order valence-corrected chi connectivity index (χ4v) is 4.30. The first-order valence-electron chi connectivity index (χ1n) is 12.1. The van der Waals surface area contributed by atoms with Gasteiger partial charge in [0.2, 0.25) is 0 Å². The van der Waals surface area contributed by atoms with Crippen LogP contribution in [0.2, 0.25) is 0 Å². The van der Waals surface area contributed by atoms with E-state index in [1.807, 2.05) is 43.3 Å². The maximum atomic E-state index is 12.3. The van der Waals surface area contributed by atoms with Crippen LogP contribution in [0, 0.1) is 6.92 Å². The lowest BCUT2D eigenvalue weighted by atomic mass is 9.88. The van der Waals surface area contributed by atoms with Crippen LogP contribution in [0.3, 0.4) is 0 Å². The number of methoxy groups -OCH3 is 2. The topological polar surface area (TPSA) is 69.7 Å². The van der Waals surface area contributed by atoms with Crippen molar-refractivity contribution >= 4 is 29.9 Å². The van der Waals surface area contributed by atoms with E-state index in [0.29, 0.717) is 6.42 Å². The third kappa shape index (κ3) is 5.80. The van der Waals surface area contributed by atoms with Crippen LogP contribution in [-0.2, 0) is 15.9 Å². The van der Waals surface area contributed by atoms with Gasteiger partial charge in [-0.25, -0.2) is 9.59 Å². The monoisotopic (exact) mass is 484 g/mol. The van der Waals surface area contributed by atoms with Crippen molar-refractivity contribution in [2.75, 3.05) is 14.2 Å². The van der Waals surface area contributed by atoms with Gasteiger partial charge in [-0.15, -0.1) is 0 Å². The quantitative estimate of drug-likeness (QED) is 0.187. The summed E-state index contributed by atoms with van der Waals surface area (Å²) in [6.07, 6.45) is 6.30. The number of esters is 2. The Morgan fingerprint density at radius 3 is 2.08 bits per heavy atom. The lowest BCUT2D eigenvalue weighted by molar-refractivity contribution is 0.0555. The summed E-state index contributed by atoms with van der Waals surface area (Å²) in [6.45, 7) is 6.12. The van der Waals surface area contributed by atoms with E-state index in [0.717, 1.165) is 35.1 Å². The summed E-state index contributed by atoms with van der Waals surface area (Å²) in [7, 11) is 2.55. The van der Waals surface area contributed by atoms with Crippen molar-refractivity contribution in [2.45, 2.75) is 40.0 Å². The minimum absolute atomic E-state index is 0.133. The molecule has 0 heterocycles. The summed E-state index contributed by atoms with van der Waals surface area (Å²) in [6, 6.07) is 17.0. The molecule has 3 rings (SSSR count). The molecule has 0 amide bonds. The van der Waals surface area contributed by atoms with E-state index in [-0.39, 0.29) is 16.9 Å². The van der Waals surface area contributed by atoms with Crippen LogP contribution in [0.15, 0.2) is 54.6 Å². The summed E-state index contributed by atoms with van der Waals surface area (Å²) in [5, 5.41) is 0. The lowest BCUT2D eigenvalue weighted by Gasteiger charge is -2.16. The van der Waals surface area contributed by atoms with Gasteiger partial charge in [-0.3, -0.25) is 4.79 Å². The Labute approximate surface area is 212 Å². The maximum Gasteiger partial charge on any atom is 0.338 e. The molecule has 0 aromatic heterocycles. The van der Waals surface area contributed by atoms with Crippen molar-refractivity contribution in [3.63, 3.8) is 0 Å². The fraction of sp³-hybridized carbons (Fsp3) is 0.258. The average Bonchev–Trinajstić information content (AvgIpc) is 2.91. The molecule has 0 atom stereocenters. The lowest BCUT2D eigenvalue weighted by Crippen LogP contribution is -2.11. The normalized spacial score (nSPS) is 10.9. The number of hydrogen-bond donors (Lipinski definition) is 0. The van der Waals surface area contributed by atoms with E-state index in [2.05, 4.69) is 26.0 Å². The third-order valence-corrected chi connectivity index (χ3v) is 6.18. The van der Waals surface area contributed by atoms with Crippen LogP contribution >= 0.6 is 0 Å². The molecule has 0 N–H and O–H groups in total. The fourth-order valence-electron chi connectivity index (χ4n) is 4.30. The molecule has 0 bridgehead atoms. The van der Waals surface area contributed by atoms with Crippen molar-refractivity contribution in [3.8, 4) is 11.1 Å². The van der Waals surface area contributed by atoms with Crippen molar-refractivity contribution < 1.29 is 23.9 Å². The summed E-state index contributed by atoms with van der Waals surface area (Å²) in [5.41, 5.74) is 7.52. The number of ketones is 1. The van der Waals surface area contributed by atoms with Gasteiger partial charge >= 0.3 is 11.9 Å². The Morgan fingerprint density at radius 1 is 0.806 bits per heavy atom. The average molecular weight is 485 g/mol. The van der Waals surface area contributed by atoms with Gasteiger partial charge in [0, 0.05) is 12.0 Å². The number of hydrogen-bond acceptors (Lipinski definition) is 5. The standard InChI is InChI=1S/C31H32O5/c1-6-8-25-22(12-9-20(3)29(25)24-16-14-23(15-17-24)28(32)7-2)13-10-21-11-18-26(30(33)35-4)27(19-21)31(34)36-5/h9-19H,6-8H2,1-5H3/b13-10-. The molecular weight excluding hydrogens is 452 g/mol. The molecule has 0 radical (unpaired) electrons. The van der Waals surface area contributed by atoms with E-state index < -0.39 is 11.9 Å². The van der Waals surface area contributed by atoms with Crippen LogP contribution in [0.1, 0.15) is 80.0 Å². The molecule has 3 aromatic carbocycles. The number of carbonyl (C=O) groups is 3. The number of benzene rings is 3. The molecule has 0 aliphatic heterocycles. The van der Waals surface area contributed by atoms with E-state index in [1.165, 1.54) is 30.9 Å². The van der Waals surface area contributed by atoms with Gasteiger partial charge in [-0.2, -0.15) is 0 Å². The molecule has 0 saturated heterocycles. The van der Waals surface area contributed by atoms with Crippen LogP contribution in [0.25, 0.3) is 23.3 Å². The summed E-state index contributed by atoms with van der Waals surface area (Å²) < 4.78 is 9.65. The van der Waals surface area contributed by atoms with E-state index in [4.69, 9.17) is 9.47 Å². The second-order valence-electron chi connectivity index (χ2n) is 8.55. The maximum absolute atomic E-state index is 12.3. The predicted molar refractivity (Wildman–Crippen MR) is 143 cm³/mol. The number of Topliss-reactive ketones (excluding diaryl/α,β-unsaturated/α-hetero) is 1. The molecule has 36 heavy (non-hydrogen) atoms. The molecule has 0 spiro atoms. The molecule has 0 aliphatic rings. The Hall–Kier alpha value is -3.99. The van der Waals surface area contributed by atoms with Crippen molar-refractivity contribution in [1.82, 2.24) is 0 Å². The summed E-state index contributed by atoms with van der Waals surface area (Å²) >= 11 is 0. The first-order valence-corrected chi connectivity index (χ1v) is 12.1. The summed E-state index contributed by atoms with van der Waals surface area (Å²) in [5.74, 6) is -1.06. The highest BCUT2D eigenvalue weighted by molar-refractivity contribution is 6.03. The van der Waals surface area contributed by atoms with Crippen molar-refractivity contribution in [2.24, 2.45) is 0 Å². The van der Waals surface area contributed by atoms with E-state index >= 15 is 0 Å². The van der Waals surface area contributed by atoms with Gasteiger partial charge in [0.25, 0.3) is 0 Å². The minimum Gasteiger partial charge on any atom is -0.465 e. The highest BCUT2D eigenvalue weighted by atomic mass is 16.5. The SMILES string of the molecule is CCCc1c(/C=C\c2ccc(C(=O)OC)c(C(=O)OC)c2)ccc(C)c1-c1ccc(C(=O)CC)cc1. The number of rotatable bonds is 9.